The van der Waals surface area contributed by atoms with Gasteiger partial charge in [-0.2, -0.15) is 0 Å². The van der Waals surface area contributed by atoms with Crippen LogP contribution in [0.2, 0.25) is 0 Å². The molecule has 0 heterocycles. The minimum atomic E-state index is -0.773. The van der Waals surface area contributed by atoms with Gasteiger partial charge in [0.25, 0.3) is 0 Å². The summed E-state index contributed by atoms with van der Waals surface area (Å²) in [7, 11) is 0. The molecule has 0 aliphatic heterocycles. The van der Waals surface area contributed by atoms with E-state index in [9.17, 15) is 9.50 Å². The molecule has 1 N–H and O–H groups in total. The van der Waals surface area contributed by atoms with Crippen molar-refractivity contribution in [3.63, 3.8) is 0 Å². The first kappa shape index (κ1) is 9.16. The second-order valence-corrected chi connectivity index (χ2v) is 4.46. The van der Waals surface area contributed by atoms with Crippen molar-refractivity contribution in [2.45, 2.75) is 24.9 Å². The van der Waals surface area contributed by atoms with Crippen LogP contribution in [0.5, 0.6) is 0 Å². The Balaban J connectivity index is 2.39. The van der Waals surface area contributed by atoms with Gasteiger partial charge in [-0.1, -0.05) is 15.9 Å². The second-order valence-electron chi connectivity index (χ2n) is 3.54. The van der Waals surface area contributed by atoms with E-state index in [4.69, 9.17) is 0 Å². The van der Waals surface area contributed by atoms with Gasteiger partial charge >= 0.3 is 0 Å². The highest BCUT2D eigenvalue weighted by Crippen LogP contribution is 2.41. The molecule has 3 heteroatoms. The van der Waals surface area contributed by atoms with Gasteiger partial charge in [0.15, 0.2) is 0 Å². The summed E-state index contributed by atoms with van der Waals surface area (Å²) in [4.78, 5) is 0. The summed E-state index contributed by atoms with van der Waals surface area (Å²) in [6, 6.07) is 4.58. The van der Waals surface area contributed by atoms with Gasteiger partial charge in [0.2, 0.25) is 0 Å². The van der Waals surface area contributed by atoms with Gasteiger partial charge in [-0.25, -0.2) is 4.39 Å². The molecule has 0 spiro atoms. The van der Waals surface area contributed by atoms with Gasteiger partial charge in [0.05, 0.1) is 5.60 Å². The number of benzene rings is 1. The normalized spacial score (nSPS) is 19.6. The number of aliphatic hydroxyl groups is 1. The molecule has 0 bridgehead atoms. The summed E-state index contributed by atoms with van der Waals surface area (Å²) >= 11 is 3.21. The molecular weight excluding hydrogens is 235 g/mol. The van der Waals surface area contributed by atoms with E-state index in [1.165, 1.54) is 12.1 Å². The highest BCUT2D eigenvalue weighted by Gasteiger charge is 2.36. The van der Waals surface area contributed by atoms with Gasteiger partial charge < -0.3 is 5.11 Å². The van der Waals surface area contributed by atoms with Gasteiger partial charge in [-0.3, -0.25) is 0 Å². The second kappa shape index (κ2) is 3.07. The lowest BCUT2D eigenvalue weighted by atomic mass is 9.75. The average Bonchev–Trinajstić information content (AvgIpc) is 1.98. The summed E-state index contributed by atoms with van der Waals surface area (Å²) < 4.78 is 13.7. The predicted molar refractivity (Wildman–Crippen MR) is 51.8 cm³/mol. The van der Waals surface area contributed by atoms with E-state index in [1.807, 2.05) is 0 Å². The van der Waals surface area contributed by atoms with E-state index in [0.717, 1.165) is 19.3 Å². The standard InChI is InChI=1S/C10H10BrFO/c11-8-4-7(5-9(12)6-8)10(13)2-1-3-10/h4-6,13H,1-3H2. The van der Waals surface area contributed by atoms with Crippen LogP contribution in [-0.2, 0) is 5.60 Å². The number of halogens is 2. The van der Waals surface area contributed by atoms with Crippen molar-refractivity contribution < 1.29 is 9.50 Å². The quantitative estimate of drug-likeness (QED) is 0.806. The van der Waals surface area contributed by atoms with Gasteiger partial charge in [-0.05, 0) is 43.0 Å². The zero-order valence-electron chi connectivity index (χ0n) is 7.06. The lowest BCUT2D eigenvalue weighted by Crippen LogP contribution is -2.33. The fourth-order valence-electron chi connectivity index (χ4n) is 1.62. The van der Waals surface area contributed by atoms with E-state index in [1.54, 1.807) is 6.07 Å². The average molecular weight is 245 g/mol. The van der Waals surface area contributed by atoms with Crippen LogP contribution in [0.3, 0.4) is 0 Å². The van der Waals surface area contributed by atoms with E-state index in [2.05, 4.69) is 15.9 Å². The molecule has 13 heavy (non-hydrogen) atoms. The highest BCUT2D eigenvalue weighted by atomic mass is 79.9. The van der Waals surface area contributed by atoms with E-state index < -0.39 is 5.60 Å². The highest BCUT2D eigenvalue weighted by molar-refractivity contribution is 9.10. The van der Waals surface area contributed by atoms with E-state index >= 15 is 0 Å². The zero-order valence-corrected chi connectivity index (χ0v) is 8.64. The molecule has 1 fully saturated rings. The smallest absolute Gasteiger partial charge is 0.124 e. The topological polar surface area (TPSA) is 20.2 Å². The molecule has 1 aromatic carbocycles. The van der Waals surface area contributed by atoms with Crippen molar-refractivity contribution in [2.24, 2.45) is 0 Å². The summed E-state index contributed by atoms with van der Waals surface area (Å²) in [5.41, 5.74) is -0.0874. The number of rotatable bonds is 1. The van der Waals surface area contributed by atoms with E-state index in [-0.39, 0.29) is 5.82 Å². The van der Waals surface area contributed by atoms with Crippen molar-refractivity contribution in [2.75, 3.05) is 0 Å². The lowest BCUT2D eigenvalue weighted by Gasteiger charge is -2.37. The first-order valence-corrected chi connectivity index (χ1v) is 5.08. The molecule has 0 aromatic heterocycles. The maximum Gasteiger partial charge on any atom is 0.124 e. The van der Waals surface area contributed by atoms with Crippen molar-refractivity contribution in [3.8, 4) is 0 Å². The SMILES string of the molecule is OC1(c2cc(F)cc(Br)c2)CCC1. The van der Waals surface area contributed by atoms with Crippen molar-refractivity contribution in [3.05, 3.63) is 34.1 Å². The molecule has 1 aromatic rings. The minimum Gasteiger partial charge on any atom is -0.385 e. The molecule has 0 radical (unpaired) electrons. The summed E-state index contributed by atoms with van der Waals surface area (Å²) in [5.74, 6) is -0.301. The molecule has 1 nitrogen and oxygen atoms in total. The maximum atomic E-state index is 13.0. The molecule has 1 aliphatic carbocycles. The monoisotopic (exact) mass is 244 g/mol. The number of hydrogen-bond donors (Lipinski definition) is 1. The maximum absolute atomic E-state index is 13.0. The van der Waals surface area contributed by atoms with Crippen LogP contribution in [0.25, 0.3) is 0 Å². The lowest BCUT2D eigenvalue weighted by molar-refractivity contribution is -0.0390. The molecular formula is C10H10BrFO. The Bertz CT molecular complexity index is 313. The van der Waals surface area contributed by atoms with Crippen LogP contribution in [0.4, 0.5) is 4.39 Å². The molecule has 0 amide bonds. The third-order valence-corrected chi connectivity index (χ3v) is 3.04. The third kappa shape index (κ3) is 1.63. The molecule has 1 aliphatic rings. The Kier molecular flexibility index (Phi) is 2.16. The summed E-state index contributed by atoms with van der Waals surface area (Å²) in [6.45, 7) is 0. The first-order valence-electron chi connectivity index (χ1n) is 4.29. The first-order chi connectivity index (χ1) is 6.10. The fourth-order valence-corrected chi connectivity index (χ4v) is 2.09. The Morgan fingerprint density at radius 3 is 2.46 bits per heavy atom. The number of hydrogen-bond acceptors (Lipinski definition) is 1. The summed E-state index contributed by atoms with van der Waals surface area (Å²) in [6.07, 6.45) is 2.50. The molecule has 0 saturated heterocycles. The van der Waals surface area contributed by atoms with Crippen LogP contribution >= 0.6 is 15.9 Å². The molecule has 1 saturated carbocycles. The Hall–Kier alpha value is -0.410. The van der Waals surface area contributed by atoms with Crippen LogP contribution in [-0.4, -0.2) is 5.11 Å². The van der Waals surface area contributed by atoms with Crippen molar-refractivity contribution in [1.82, 2.24) is 0 Å². The van der Waals surface area contributed by atoms with Crippen LogP contribution in [0, 0.1) is 5.82 Å². The van der Waals surface area contributed by atoms with Gasteiger partial charge in [0.1, 0.15) is 5.82 Å². The Morgan fingerprint density at radius 2 is 2.00 bits per heavy atom. The van der Waals surface area contributed by atoms with Crippen LogP contribution in [0.15, 0.2) is 22.7 Å². The molecule has 2 rings (SSSR count). The molecule has 70 valence electrons. The van der Waals surface area contributed by atoms with Crippen LogP contribution in [0.1, 0.15) is 24.8 Å². The van der Waals surface area contributed by atoms with Gasteiger partial charge in [-0.15, -0.1) is 0 Å². The Labute approximate surface area is 84.7 Å². The Morgan fingerprint density at radius 1 is 1.31 bits per heavy atom. The largest absolute Gasteiger partial charge is 0.385 e. The van der Waals surface area contributed by atoms with Crippen molar-refractivity contribution in [1.29, 1.82) is 0 Å². The van der Waals surface area contributed by atoms with E-state index in [0.29, 0.717) is 10.0 Å². The molecule has 0 unspecified atom stereocenters. The van der Waals surface area contributed by atoms with Gasteiger partial charge in [0, 0.05) is 4.47 Å². The van der Waals surface area contributed by atoms with Crippen molar-refractivity contribution >= 4 is 15.9 Å². The molecule has 0 atom stereocenters. The van der Waals surface area contributed by atoms with Crippen LogP contribution < -0.4 is 0 Å². The zero-order chi connectivity index (χ0) is 9.47. The third-order valence-electron chi connectivity index (χ3n) is 2.58. The fraction of sp³-hybridized carbons (Fsp3) is 0.400. The minimum absolute atomic E-state index is 0.301. The predicted octanol–water partition coefficient (Wildman–Crippen LogP) is 2.96. The summed E-state index contributed by atoms with van der Waals surface area (Å²) in [5, 5.41) is 9.94.